The first-order valence-corrected chi connectivity index (χ1v) is 11.2. The normalized spacial score (nSPS) is 19.7. The minimum atomic E-state index is -0.159. The van der Waals surface area contributed by atoms with E-state index < -0.39 is 0 Å². The van der Waals surface area contributed by atoms with E-state index in [9.17, 15) is 9.59 Å². The Morgan fingerprint density at radius 3 is 2.72 bits per heavy atom. The smallest absolute Gasteiger partial charge is 0.259 e. The van der Waals surface area contributed by atoms with Crippen molar-refractivity contribution in [1.82, 2.24) is 14.4 Å². The molecule has 0 bridgehead atoms. The zero-order chi connectivity index (χ0) is 21.8. The highest BCUT2D eigenvalue weighted by Crippen LogP contribution is 2.33. The Balaban J connectivity index is 1.18. The second-order valence-corrected chi connectivity index (χ2v) is 8.90. The number of benzene rings is 2. The molecule has 32 heavy (non-hydrogen) atoms. The fourth-order valence-electron chi connectivity index (χ4n) is 5.15. The third kappa shape index (κ3) is 3.07. The highest BCUT2D eigenvalue weighted by molar-refractivity contribution is 5.98. The Morgan fingerprint density at radius 2 is 1.88 bits per heavy atom. The molecule has 0 spiro atoms. The predicted molar refractivity (Wildman–Crippen MR) is 120 cm³/mol. The highest BCUT2D eigenvalue weighted by Gasteiger charge is 2.28. The summed E-state index contributed by atoms with van der Waals surface area (Å²) in [5.74, 6) is 1.42. The molecule has 1 atom stereocenters. The van der Waals surface area contributed by atoms with E-state index in [4.69, 9.17) is 9.47 Å². The molecular weight excluding hydrogens is 406 g/mol. The number of ether oxygens (including phenoxy) is 2. The molecule has 2 aromatic carbocycles. The number of nitrogens with zero attached hydrogens (tertiary/aromatic N) is 3. The van der Waals surface area contributed by atoms with Crippen LogP contribution in [-0.2, 0) is 13.0 Å². The zero-order valence-corrected chi connectivity index (χ0v) is 18.0. The number of amides is 1. The monoisotopic (exact) mass is 431 g/mol. The molecule has 0 N–H and O–H groups in total. The molecule has 7 heteroatoms. The Morgan fingerprint density at radius 1 is 1.06 bits per heavy atom. The highest BCUT2D eigenvalue weighted by atomic mass is 16.7. The lowest BCUT2D eigenvalue weighted by atomic mass is 10.1. The lowest BCUT2D eigenvalue weighted by Gasteiger charge is -2.34. The van der Waals surface area contributed by atoms with Gasteiger partial charge < -0.3 is 18.9 Å². The summed E-state index contributed by atoms with van der Waals surface area (Å²) in [7, 11) is 0. The van der Waals surface area contributed by atoms with E-state index in [-0.39, 0.29) is 29.7 Å². The summed E-state index contributed by atoms with van der Waals surface area (Å²) in [6.07, 6.45) is 2.68. The summed E-state index contributed by atoms with van der Waals surface area (Å²) in [5.41, 5.74) is 3.46. The van der Waals surface area contributed by atoms with Crippen LogP contribution in [0.3, 0.4) is 0 Å². The molecular formula is C25H25N3O4. The molecule has 6 rings (SSSR count). The Hall–Kier alpha value is -3.32. The second kappa shape index (κ2) is 7.38. The molecule has 0 saturated carbocycles. The van der Waals surface area contributed by atoms with Crippen molar-refractivity contribution in [3.05, 3.63) is 69.5 Å². The van der Waals surface area contributed by atoms with E-state index in [1.54, 1.807) is 6.20 Å². The van der Waals surface area contributed by atoms with Crippen LogP contribution in [0.2, 0.25) is 0 Å². The summed E-state index contributed by atoms with van der Waals surface area (Å²) in [6, 6.07) is 12.1. The number of para-hydroxylation sites is 1. The van der Waals surface area contributed by atoms with E-state index >= 15 is 0 Å². The van der Waals surface area contributed by atoms with Crippen LogP contribution < -0.4 is 14.9 Å². The maximum atomic E-state index is 13.3. The van der Waals surface area contributed by atoms with Crippen LogP contribution in [0.25, 0.3) is 10.9 Å². The van der Waals surface area contributed by atoms with Gasteiger partial charge in [-0.3, -0.25) is 14.5 Å². The average molecular weight is 431 g/mol. The first-order valence-electron chi connectivity index (χ1n) is 11.2. The van der Waals surface area contributed by atoms with Gasteiger partial charge in [0.1, 0.15) is 5.56 Å². The van der Waals surface area contributed by atoms with Crippen molar-refractivity contribution in [3.63, 3.8) is 0 Å². The Bertz CT molecular complexity index is 1290. The summed E-state index contributed by atoms with van der Waals surface area (Å²) in [4.78, 5) is 30.6. The van der Waals surface area contributed by atoms with Crippen molar-refractivity contribution in [2.45, 2.75) is 25.9 Å². The van der Waals surface area contributed by atoms with E-state index in [0.717, 1.165) is 48.6 Å². The molecule has 7 nitrogen and oxygen atoms in total. The van der Waals surface area contributed by atoms with Gasteiger partial charge in [-0.1, -0.05) is 18.2 Å². The van der Waals surface area contributed by atoms with Crippen molar-refractivity contribution in [3.8, 4) is 11.5 Å². The minimum absolute atomic E-state index is 0.153. The molecule has 1 amide bonds. The SMILES string of the molecule is CC1Cc2cccc3c(=O)c(C(=O)N4CCN(Cc5ccc6c(c5)OCO6)CC4)cn1c23. The van der Waals surface area contributed by atoms with Crippen LogP contribution in [-0.4, -0.2) is 53.2 Å². The largest absolute Gasteiger partial charge is 0.454 e. The van der Waals surface area contributed by atoms with Crippen molar-refractivity contribution < 1.29 is 14.3 Å². The first-order chi connectivity index (χ1) is 15.6. The van der Waals surface area contributed by atoms with Gasteiger partial charge in [0.25, 0.3) is 5.91 Å². The van der Waals surface area contributed by atoms with Gasteiger partial charge in [-0.15, -0.1) is 0 Å². The molecule has 3 aromatic rings. The van der Waals surface area contributed by atoms with Gasteiger partial charge in [-0.05, 0) is 42.7 Å². The number of carbonyl (C=O) groups excluding carboxylic acids is 1. The predicted octanol–water partition coefficient (Wildman–Crippen LogP) is 2.81. The van der Waals surface area contributed by atoms with E-state index in [0.29, 0.717) is 18.5 Å². The van der Waals surface area contributed by atoms with Gasteiger partial charge in [-0.25, -0.2) is 0 Å². The van der Waals surface area contributed by atoms with Crippen molar-refractivity contribution in [2.75, 3.05) is 33.0 Å². The Labute approximate surface area is 185 Å². The van der Waals surface area contributed by atoms with Gasteiger partial charge in [0.05, 0.1) is 5.52 Å². The number of hydrogen-bond donors (Lipinski definition) is 0. The van der Waals surface area contributed by atoms with Crippen LogP contribution >= 0.6 is 0 Å². The average Bonchev–Trinajstić information content (AvgIpc) is 3.40. The molecule has 4 heterocycles. The first kappa shape index (κ1) is 19.4. The standard InChI is InChI=1S/C25H25N3O4/c1-16-11-18-3-2-4-19-23(18)28(16)14-20(24(19)29)25(30)27-9-7-26(8-10-27)13-17-5-6-21-22(12-17)32-15-31-21/h2-6,12,14,16H,7-11,13,15H2,1H3. The van der Waals surface area contributed by atoms with Crippen molar-refractivity contribution in [1.29, 1.82) is 0 Å². The number of rotatable bonds is 3. The van der Waals surface area contributed by atoms with Crippen LogP contribution in [0.15, 0.2) is 47.4 Å². The number of carbonyl (C=O) groups is 1. The molecule has 1 saturated heterocycles. The Kier molecular flexibility index (Phi) is 4.47. The van der Waals surface area contributed by atoms with Gasteiger partial charge in [0.15, 0.2) is 11.5 Å². The molecule has 0 aliphatic carbocycles. The maximum absolute atomic E-state index is 13.3. The molecule has 1 fully saturated rings. The summed E-state index contributed by atoms with van der Waals surface area (Å²) in [6.45, 7) is 5.95. The fraction of sp³-hybridized carbons (Fsp3) is 0.360. The van der Waals surface area contributed by atoms with Crippen LogP contribution in [0, 0.1) is 0 Å². The zero-order valence-electron chi connectivity index (χ0n) is 18.0. The van der Waals surface area contributed by atoms with Gasteiger partial charge in [0.2, 0.25) is 12.2 Å². The van der Waals surface area contributed by atoms with Gasteiger partial charge >= 0.3 is 0 Å². The maximum Gasteiger partial charge on any atom is 0.259 e. The van der Waals surface area contributed by atoms with Crippen LogP contribution in [0.5, 0.6) is 11.5 Å². The quantitative estimate of drug-likeness (QED) is 0.638. The molecule has 3 aliphatic heterocycles. The van der Waals surface area contributed by atoms with Crippen molar-refractivity contribution >= 4 is 16.8 Å². The molecule has 1 unspecified atom stereocenters. The third-order valence-corrected chi connectivity index (χ3v) is 6.86. The number of aromatic nitrogens is 1. The topological polar surface area (TPSA) is 64.0 Å². The molecule has 0 radical (unpaired) electrons. The number of fused-ring (bicyclic) bond motifs is 1. The molecule has 1 aromatic heterocycles. The fourth-order valence-corrected chi connectivity index (χ4v) is 5.15. The summed E-state index contributed by atoms with van der Waals surface area (Å²) < 4.78 is 13.0. The minimum Gasteiger partial charge on any atom is -0.454 e. The number of hydrogen-bond acceptors (Lipinski definition) is 5. The molecule has 164 valence electrons. The molecule has 3 aliphatic rings. The summed E-state index contributed by atoms with van der Waals surface area (Å²) >= 11 is 0. The van der Waals surface area contributed by atoms with Crippen LogP contribution in [0.4, 0.5) is 0 Å². The third-order valence-electron chi connectivity index (χ3n) is 6.86. The lowest BCUT2D eigenvalue weighted by Crippen LogP contribution is -2.49. The van der Waals surface area contributed by atoms with Gasteiger partial charge in [0, 0.05) is 50.3 Å². The van der Waals surface area contributed by atoms with E-state index in [1.165, 1.54) is 5.56 Å². The lowest BCUT2D eigenvalue weighted by molar-refractivity contribution is 0.0626. The number of piperazine rings is 1. The van der Waals surface area contributed by atoms with Crippen molar-refractivity contribution in [2.24, 2.45) is 0 Å². The van der Waals surface area contributed by atoms with Crippen LogP contribution in [0.1, 0.15) is 34.5 Å². The summed E-state index contributed by atoms with van der Waals surface area (Å²) in [5, 5.41) is 0.652. The van der Waals surface area contributed by atoms with E-state index in [2.05, 4.69) is 28.5 Å². The second-order valence-electron chi connectivity index (χ2n) is 8.90. The number of pyridine rings is 1. The van der Waals surface area contributed by atoms with E-state index in [1.807, 2.05) is 29.2 Å². The van der Waals surface area contributed by atoms with Gasteiger partial charge in [-0.2, -0.15) is 0 Å².